The van der Waals surface area contributed by atoms with Crippen LogP contribution in [0.5, 0.6) is 0 Å². The predicted molar refractivity (Wildman–Crippen MR) is 88.1 cm³/mol. The van der Waals surface area contributed by atoms with Gasteiger partial charge in [0, 0.05) is 5.02 Å². The minimum absolute atomic E-state index is 0.0758. The number of hydrogen-bond acceptors (Lipinski definition) is 3. The van der Waals surface area contributed by atoms with Gasteiger partial charge in [-0.3, -0.25) is 4.79 Å². The van der Waals surface area contributed by atoms with E-state index in [2.05, 4.69) is 10.3 Å². The predicted octanol–water partition coefficient (Wildman–Crippen LogP) is 4.44. The fraction of sp³-hybridized carbons (Fsp3) is 0.125. The summed E-state index contributed by atoms with van der Waals surface area (Å²) < 4.78 is 1.07. The van der Waals surface area contributed by atoms with E-state index in [-0.39, 0.29) is 5.91 Å². The Bertz CT molecular complexity index is 796. The molecule has 1 aromatic heterocycles. The van der Waals surface area contributed by atoms with Gasteiger partial charge in [0.1, 0.15) is 0 Å². The first-order chi connectivity index (χ1) is 10.1. The molecule has 3 rings (SSSR count). The van der Waals surface area contributed by atoms with Crippen LogP contribution in [0.1, 0.15) is 11.1 Å². The smallest absolute Gasteiger partial charge is 0.230 e. The third-order valence-electron chi connectivity index (χ3n) is 3.07. The molecular formula is C16H13ClN2OS. The van der Waals surface area contributed by atoms with Crippen LogP contribution in [-0.2, 0) is 11.2 Å². The van der Waals surface area contributed by atoms with Crippen molar-refractivity contribution in [2.45, 2.75) is 13.3 Å². The van der Waals surface area contributed by atoms with Gasteiger partial charge in [0.15, 0.2) is 5.13 Å². The van der Waals surface area contributed by atoms with Gasteiger partial charge in [0.2, 0.25) is 5.91 Å². The number of nitrogens with one attached hydrogen (secondary N) is 1. The van der Waals surface area contributed by atoms with Crippen LogP contribution >= 0.6 is 22.9 Å². The van der Waals surface area contributed by atoms with E-state index in [1.807, 2.05) is 37.3 Å². The summed E-state index contributed by atoms with van der Waals surface area (Å²) in [7, 11) is 0. The molecule has 0 aliphatic rings. The second-order valence-corrected chi connectivity index (χ2v) is 6.31. The molecule has 1 N–H and O–H groups in total. The molecule has 0 fully saturated rings. The maximum absolute atomic E-state index is 12.0. The highest BCUT2D eigenvalue weighted by molar-refractivity contribution is 7.22. The number of aryl methyl sites for hydroxylation is 1. The van der Waals surface area contributed by atoms with Gasteiger partial charge < -0.3 is 5.32 Å². The first kappa shape index (κ1) is 14.0. The lowest BCUT2D eigenvalue weighted by Gasteiger charge is -2.01. The van der Waals surface area contributed by atoms with Crippen LogP contribution in [0.4, 0.5) is 5.13 Å². The van der Waals surface area contributed by atoms with E-state index in [9.17, 15) is 4.79 Å². The van der Waals surface area contributed by atoms with Crippen LogP contribution in [0.2, 0.25) is 5.02 Å². The Morgan fingerprint density at radius 1 is 1.24 bits per heavy atom. The Kier molecular flexibility index (Phi) is 3.90. The van der Waals surface area contributed by atoms with Crippen molar-refractivity contribution < 1.29 is 4.79 Å². The molecule has 0 atom stereocenters. The number of carbonyl (C=O) groups excluding carboxylic acids is 1. The quantitative estimate of drug-likeness (QED) is 0.776. The highest BCUT2D eigenvalue weighted by Crippen LogP contribution is 2.26. The first-order valence-electron chi connectivity index (χ1n) is 6.52. The highest BCUT2D eigenvalue weighted by Gasteiger charge is 2.08. The molecule has 0 aliphatic heterocycles. The summed E-state index contributed by atoms with van der Waals surface area (Å²) in [5, 5.41) is 4.15. The van der Waals surface area contributed by atoms with Crippen molar-refractivity contribution in [3.05, 3.63) is 58.6 Å². The Morgan fingerprint density at radius 2 is 2.00 bits per heavy atom. The molecule has 1 amide bonds. The van der Waals surface area contributed by atoms with E-state index in [1.54, 1.807) is 12.1 Å². The molecule has 3 nitrogen and oxygen atoms in total. The number of thiazole rings is 1. The van der Waals surface area contributed by atoms with E-state index in [1.165, 1.54) is 11.3 Å². The number of nitrogens with zero attached hydrogens (tertiary/aromatic N) is 1. The van der Waals surface area contributed by atoms with Crippen LogP contribution < -0.4 is 5.32 Å². The molecule has 0 saturated heterocycles. The normalized spacial score (nSPS) is 10.8. The second-order valence-electron chi connectivity index (χ2n) is 4.84. The summed E-state index contributed by atoms with van der Waals surface area (Å²) in [6.45, 7) is 2.03. The summed E-state index contributed by atoms with van der Waals surface area (Å²) in [5.41, 5.74) is 3.00. The van der Waals surface area contributed by atoms with Crippen molar-refractivity contribution in [3.63, 3.8) is 0 Å². The summed E-state index contributed by atoms with van der Waals surface area (Å²) in [5.74, 6) is -0.0758. The van der Waals surface area contributed by atoms with Gasteiger partial charge in [-0.15, -0.1) is 0 Å². The molecule has 3 aromatic rings. The molecule has 1 heterocycles. The van der Waals surface area contributed by atoms with E-state index in [0.717, 1.165) is 21.3 Å². The van der Waals surface area contributed by atoms with Crippen LogP contribution in [0.3, 0.4) is 0 Å². The Hall–Kier alpha value is -1.91. The van der Waals surface area contributed by atoms with Crippen molar-refractivity contribution in [1.82, 2.24) is 4.98 Å². The first-order valence-corrected chi connectivity index (χ1v) is 7.71. The molecule has 0 radical (unpaired) electrons. The Labute approximate surface area is 131 Å². The minimum atomic E-state index is -0.0758. The van der Waals surface area contributed by atoms with Crippen molar-refractivity contribution in [3.8, 4) is 0 Å². The molecule has 106 valence electrons. The average molecular weight is 317 g/mol. The number of carbonyl (C=O) groups is 1. The van der Waals surface area contributed by atoms with Crippen LogP contribution in [0, 0.1) is 6.92 Å². The SMILES string of the molecule is Cc1ccc2sc(NC(=O)Cc3ccc(Cl)cc3)nc2c1. The molecule has 0 unspecified atom stereocenters. The van der Waals surface area contributed by atoms with Gasteiger partial charge in [0.05, 0.1) is 16.6 Å². The number of rotatable bonds is 3. The van der Waals surface area contributed by atoms with E-state index in [0.29, 0.717) is 16.6 Å². The number of hydrogen-bond donors (Lipinski definition) is 1. The van der Waals surface area contributed by atoms with E-state index in [4.69, 9.17) is 11.6 Å². The lowest BCUT2D eigenvalue weighted by Crippen LogP contribution is -2.14. The third-order valence-corrected chi connectivity index (χ3v) is 4.27. The maximum Gasteiger partial charge on any atom is 0.230 e. The van der Waals surface area contributed by atoms with Gasteiger partial charge in [-0.2, -0.15) is 0 Å². The number of halogens is 1. The molecule has 2 aromatic carbocycles. The number of anilines is 1. The average Bonchev–Trinajstić information content (AvgIpc) is 2.82. The summed E-state index contributed by atoms with van der Waals surface area (Å²) in [6, 6.07) is 13.3. The summed E-state index contributed by atoms with van der Waals surface area (Å²) >= 11 is 7.31. The lowest BCUT2D eigenvalue weighted by molar-refractivity contribution is -0.115. The summed E-state index contributed by atoms with van der Waals surface area (Å²) in [6.07, 6.45) is 0.312. The zero-order valence-corrected chi connectivity index (χ0v) is 13.0. The Balaban J connectivity index is 1.72. The van der Waals surface area contributed by atoms with E-state index < -0.39 is 0 Å². The number of amides is 1. The fourth-order valence-corrected chi connectivity index (χ4v) is 3.03. The van der Waals surface area contributed by atoms with Crippen LogP contribution in [-0.4, -0.2) is 10.9 Å². The number of benzene rings is 2. The molecule has 5 heteroatoms. The molecule has 21 heavy (non-hydrogen) atoms. The number of aromatic nitrogens is 1. The lowest BCUT2D eigenvalue weighted by atomic mass is 10.1. The highest BCUT2D eigenvalue weighted by atomic mass is 35.5. The van der Waals surface area contributed by atoms with Crippen molar-refractivity contribution in [1.29, 1.82) is 0 Å². The third kappa shape index (κ3) is 3.40. The Morgan fingerprint density at radius 3 is 2.76 bits per heavy atom. The van der Waals surface area contributed by atoms with Gasteiger partial charge in [-0.25, -0.2) is 4.98 Å². The van der Waals surface area contributed by atoms with Gasteiger partial charge in [-0.05, 0) is 42.3 Å². The fourth-order valence-electron chi connectivity index (χ4n) is 2.04. The molecule has 0 spiro atoms. The molecular weight excluding hydrogens is 304 g/mol. The van der Waals surface area contributed by atoms with Gasteiger partial charge in [0.25, 0.3) is 0 Å². The van der Waals surface area contributed by atoms with Gasteiger partial charge >= 0.3 is 0 Å². The molecule has 0 saturated carbocycles. The van der Waals surface area contributed by atoms with Crippen LogP contribution in [0.15, 0.2) is 42.5 Å². The van der Waals surface area contributed by atoms with Crippen molar-refractivity contribution in [2.24, 2.45) is 0 Å². The maximum atomic E-state index is 12.0. The molecule has 0 aliphatic carbocycles. The zero-order chi connectivity index (χ0) is 14.8. The monoisotopic (exact) mass is 316 g/mol. The van der Waals surface area contributed by atoms with Gasteiger partial charge in [-0.1, -0.05) is 41.1 Å². The minimum Gasteiger partial charge on any atom is -0.302 e. The standard InChI is InChI=1S/C16H13ClN2OS/c1-10-2-7-14-13(8-10)18-16(21-14)19-15(20)9-11-3-5-12(17)6-4-11/h2-8H,9H2,1H3,(H,18,19,20). The van der Waals surface area contributed by atoms with E-state index >= 15 is 0 Å². The van der Waals surface area contributed by atoms with Crippen molar-refractivity contribution in [2.75, 3.05) is 5.32 Å². The molecule has 0 bridgehead atoms. The summed E-state index contributed by atoms with van der Waals surface area (Å²) in [4.78, 5) is 16.5. The van der Waals surface area contributed by atoms with Crippen molar-refractivity contribution >= 4 is 44.2 Å². The topological polar surface area (TPSA) is 42.0 Å². The zero-order valence-electron chi connectivity index (χ0n) is 11.4. The van der Waals surface area contributed by atoms with Crippen LogP contribution in [0.25, 0.3) is 10.2 Å². The number of fused-ring (bicyclic) bond motifs is 1. The second kappa shape index (κ2) is 5.84. The largest absolute Gasteiger partial charge is 0.302 e.